The van der Waals surface area contributed by atoms with Gasteiger partial charge in [0.2, 0.25) is 5.78 Å². The molecule has 0 unspecified atom stereocenters. The maximum absolute atomic E-state index is 12.9. The number of Topliss-reactive ketones (excluding diaryl/α,β-unsaturated/α-hetero) is 1. The molecule has 1 saturated carbocycles. The van der Waals surface area contributed by atoms with Crippen LogP contribution in [0.5, 0.6) is 11.5 Å². The minimum Gasteiger partial charge on any atom is -0.478 e. The zero-order valence-electron chi connectivity index (χ0n) is 17.0. The molecule has 0 amide bonds. The summed E-state index contributed by atoms with van der Waals surface area (Å²) in [6.07, 6.45) is 4.29. The van der Waals surface area contributed by atoms with E-state index in [1.165, 1.54) is 18.5 Å². The molecule has 0 spiro atoms. The molecule has 0 saturated heterocycles. The number of allylic oxidation sites excluding steroid dienone is 1. The number of ketones is 1. The van der Waals surface area contributed by atoms with Crippen molar-refractivity contribution in [3.05, 3.63) is 58.8 Å². The quantitative estimate of drug-likeness (QED) is 0.705. The zero-order chi connectivity index (χ0) is 20.0. The number of anilines is 1. The molecule has 5 heteroatoms. The van der Waals surface area contributed by atoms with Gasteiger partial charge in [-0.1, -0.05) is 12.1 Å². The average Bonchev–Trinajstić information content (AvgIpc) is 3.55. The van der Waals surface area contributed by atoms with Gasteiger partial charge in [0.25, 0.3) is 0 Å². The van der Waals surface area contributed by atoms with Crippen molar-refractivity contribution in [3.63, 3.8) is 0 Å². The molecule has 0 aromatic heterocycles. The Morgan fingerprint density at radius 3 is 2.55 bits per heavy atom. The summed E-state index contributed by atoms with van der Waals surface area (Å²) in [5.74, 6) is 1.83. The highest BCUT2D eigenvalue weighted by molar-refractivity contribution is 6.15. The molecule has 0 radical (unpaired) electrons. The second kappa shape index (κ2) is 7.23. The fraction of sp³-hybridized carbons (Fsp3) is 0.375. The van der Waals surface area contributed by atoms with E-state index < -0.39 is 0 Å². The summed E-state index contributed by atoms with van der Waals surface area (Å²) in [4.78, 5) is 17.5. The number of rotatable bonds is 5. The summed E-state index contributed by atoms with van der Waals surface area (Å²) in [5, 5.41) is 0. The number of hydrogen-bond acceptors (Lipinski definition) is 5. The van der Waals surface area contributed by atoms with Crippen LogP contribution in [-0.2, 0) is 6.54 Å². The number of carbonyl (C=O) groups is 1. The van der Waals surface area contributed by atoms with Crippen molar-refractivity contribution in [2.75, 3.05) is 24.7 Å². The van der Waals surface area contributed by atoms with Crippen molar-refractivity contribution >= 4 is 17.5 Å². The van der Waals surface area contributed by atoms with Gasteiger partial charge in [-0.15, -0.1) is 0 Å². The molecule has 2 aromatic carbocycles. The molecule has 2 aromatic rings. The summed E-state index contributed by atoms with van der Waals surface area (Å²) in [6, 6.07) is 12.6. The van der Waals surface area contributed by atoms with Crippen LogP contribution in [-0.4, -0.2) is 36.5 Å². The monoisotopic (exact) mass is 390 g/mol. The highest BCUT2D eigenvalue weighted by atomic mass is 16.5. The van der Waals surface area contributed by atoms with E-state index in [0.717, 1.165) is 36.5 Å². The van der Waals surface area contributed by atoms with Crippen LogP contribution in [0, 0.1) is 0 Å². The average molecular weight is 390 g/mol. The predicted octanol–water partition coefficient (Wildman–Crippen LogP) is 4.46. The fourth-order valence-corrected chi connectivity index (χ4v) is 4.17. The molecule has 150 valence electrons. The van der Waals surface area contributed by atoms with E-state index in [4.69, 9.17) is 9.47 Å². The van der Waals surface area contributed by atoms with Crippen LogP contribution < -0.4 is 14.4 Å². The van der Waals surface area contributed by atoms with Crippen LogP contribution in [0.15, 0.2) is 42.2 Å². The van der Waals surface area contributed by atoms with Crippen molar-refractivity contribution in [3.8, 4) is 11.5 Å². The molecular formula is C24H26N2O3. The molecule has 1 fully saturated rings. The molecule has 5 nitrogen and oxygen atoms in total. The molecule has 2 aliphatic heterocycles. The van der Waals surface area contributed by atoms with Gasteiger partial charge in [-0.3, -0.25) is 9.69 Å². The van der Waals surface area contributed by atoms with Crippen LogP contribution in [0.3, 0.4) is 0 Å². The van der Waals surface area contributed by atoms with E-state index in [0.29, 0.717) is 29.8 Å². The highest BCUT2D eigenvalue weighted by Crippen LogP contribution is 2.43. The van der Waals surface area contributed by atoms with Crippen molar-refractivity contribution in [1.82, 2.24) is 4.90 Å². The van der Waals surface area contributed by atoms with Gasteiger partial charge < -0.3 is 14.4 Å². The van der Waals surface area contributed by atoms with E-state index in [9.17, 15) is 4.79 Å². The molecule has 0 atom stereocenters. The Morgan fingerprint density at radius 1 is 1.10 bits per heavy atom. The molecule has 29 heavy (non-hydrogen) atoms. The van der Waals surface area contributed by atoms with E-state index in [1.54, 1.807) is 0 Å². The lowest BCUT2D eigenvalue weighted by atomic mass is 10.0. The van der Waals surface area contributed by atoms with Crippen LogP contribution in [0.2, 0.25) is 0 Å². The van der Waals surface area contributed by atoms with Gasteiger partial charge in [-0.2, -0.15) is 0 Å². The molecule has 5 rings (SSSR count). The van der Waals surface area contributed by atoms with Gasteiger partial charge in [0.05, 0.1) is 11.1 Å². The number of carbonyl (C=O) groups excluding carboxylic acids is 1. The van der Waals surface area contributed by atoms with Crippen LogP contribution in [0.4, 0.5) is 5.69 Å². The Morgan fingerprint density at radius 2 is 1.86 bits per heavy atom. The van der Waals surface area contributed by atoms with Gasteiger partial charge in [0, 0.05) is 31.4 Å². The molecule has 1 aliphatic carbocycles. The minimum atomic E-state index is -0.0563. The Bertz CT molecular complexity index is 972. The Kier molecular flexibility index (Phi) is 4.55. The Balaban J connectivity index is 1.41. The topological polar surface area (TPSA) is 42.0 Å². The third kappa shape index (κ3) is 3.29. The smallest absolute Gasteiger partial charge is 0.231 e. The first-order valence-corrected chi connectivity index (χ1v) is 10.5. The Hall–Kier alpha value is -2.79. The maximum Gasteiger partial charge on any atom is 0.231 e. The number of hydrogen-bond donors (Lipinski definition) is 0. The summed E-state index contributed by atoms with van der Waals surface area (Å²) in [6.45, 7) is 7.64. The second-order valence-corrected chi connectivity index (χ2v) is 7.87. The molecular weight excluding hydrogens is 364 g/mol. The highest BCUT2D eigenvalue weighted by Gasteiger charge is 2.37. The summed E-state index contributed by atoms with van der Waals surface area (Å²) >= 11 is 0. The van der Waals surface area contributed by atoms with E-state index in [2.05, 4.69) is 35.8 Å². The van der Waals surface area contributed by atoms with Gasteiger partial charge >= 0.3 is 0 Å². The second-order valence-electron chi connectivity index (χ2n) is 7.87. The molecule has 2 heterocycles. The number of fused-ring (bicyclic) bond motifs is 3. The number of benzene rings is 2. The fourth-order valence-electron chi connectivity index (χ4n) is 4.17. The summed E-state index contributed by atoms with van der Waals surface area (Å²) < 4.78 is 12.0. The largest absolute Gasteiger partial charge is 0.478 e. The maximum atomic E-state index is 12.9. The molecule has 3 aliphatic rings. The van der Waals surface area contributed by atoms with E-state index in [-0.39, 0.29) is 5.78 Å². The van der Waals surface area contributed by atoms with Crippen molar-refractivity contribution < 1.29 is 14.3 Å². The van der Waals surface area contributed by atoms with Gasteiger partial charge in [-0.05, 0) is 62.6 Å². The standard InChI is InChI=1S/C24H26N2O3/c1-3-25(4-2)17-7-5-16(6-8-17)13-22-23(27)19-11-12-21-20(24(19)29-22)14-26(15-28-21)18-9-10-18/h5-8,11-13,18H,3-4,9-10,14-15H2,1-2H3/b22-13-. The lowest BCUT2D eigenvalue weighted by Gasteiger charge is -2.29. The van der Waals surface area contributed by atoms with Crippen LogP contribution in [0.1, 0.15) is 48.2 Å². The third-order valence-electron chi connectivity index (χ3n) is 6.03. The molecule has 0 bridgehead atoms. The first-order valence-electron chi connectivity index (χ1n) is 10.5. The zero-order valence-corrected chi connectivity index (χ0v) is 17.0. The lowest BCUT2D eigenvalue weighted by molar-refractivity contribution is 0.0868. The normalized spacial score (nSPS) is 19.5. The minimum absolute atomic E-state index is 0.0563. The van der Waals surface area contributed by atoms with Crippen molar-refractivity contribution in [2.45, 2.75) is 39.3 Å². The van der Waals surface area contributed by atoms with Gasteiger partial charge in [-0.25, -0.2) is 0 Å². The SMILES string of the molecule is CCN(CC)c1ccc(/C=C2\Oc3c(ccc4c3CN(C3CC3)CO4)C2=O)cc1. The summed E-state index contributed by atoms with van der Waals surface area (Å²) in [7, 11) is 0. The van der Waals surface area contributed by atoms with Crippen LogP contribution in [0.25, 0.3) is 6.08 Å². The van der Waals surface area contributed by atoms with Crippen molar-refractivity contribution in [2.24, 2.45) is 0 Å². The van der Waals surface area contributed by atoms with Gasteiger partial charge in [0.1, 0.15) is 18.2 Å². The molecule has 0 N–H and O–H groups in total. The third-order valence-corrected chi connectivity index (χ3v) is 6.03. The first kappa shape index (κ1) is 18.3. The van der Waals surface area contributed by atoms with Crippen LogP contribution >= 0.6 is 0 Å². The summed E-state index contributed by atoms with van der Waals surface area (Å²) in [5.41, 5.74) is 3.78. The predicted molar refractivity (Wildman–Crippen MR) is 113 cm³/mol. The van der Waals surface area contributed by atoms with E-state index >= 15 is 0 Å². The van der Waals surface area contributed by atoms with Gasteiger partial charge in [0.15, 0.2) is 5.76 Å². The Labute approximate surface area is 171 Å². The number of nitrogens with zero attached hydrogens (tertiary/aromatic N) is 2. The lowest BCUT2D eigenvalue weighted by Crippen LogP contribution is -2.33. The first-order chi connectivity index (χ1) is 14.2. The number of ether oxygens (including phenoxy) is 2. The van der Waals surface area contributed by atoms with E-state index in [1.807, 2.05) is 30.3 Å². The van der Waals surface area contributed by atoms with Crippen molar-refractivity contribution in [1.29, 1.82) is 0 Å².